The lowest BCUT2D eigenvalue weighted by atomic mass is 10.1. The molecular weight excluding hydrogens is 274 g/mol. The summed E-state index contributed by atoms with van der Waals surface area (Å²) in [5.41, 5.74) is 5.70. The largest absolute Gasteiger partial charge is 0.371 e. The van der Waals surface area contributed by atoms with Gasteiger partial charge in [-0.25, -0.2) is 0 Å². The summed E-state index contributed by atoms with van der Waals surface area (Å²) >= 11 is 5.12. The molecule has 15 heavy (non-hydrogen) atoms. The molecule has 0 saturated carbocycles. The molecule has 0 saturated heterocycles. The first-order valence-corrected chi connectivity index (χ1v) is 6.86. The van der Waals surface area contributed by atoms with Gasteiger partial charge >= 0.3 is 0 Å². The van der Waals surface area contributed by atoms with Crippen LogP contribution < -0.4 is 5.73 Å². The zero-order valence-electron chi connectivity index (χ0n) is 9.20. The molecule has 0 aliphatic rings. The van der Waals surface area contributed by atoms with Crippen molar-refractivity contribution in [1.29, 1.82) is 0 Å². The first-order chi connectivity index (χ1) is 7.13. The van der Waals surface area contributed by atoms with Crippen molar-refractivity contribution in [2.75, 3.05) is 13.2 Å². The van der Waals surface area contributed by atoms with E-state index in [4.69, 9.17) is 10.5 Å². The van der Waals surface area contributed by atoms with Gasteiger partial charge in [0.1, 0.15) is 6.10 Å². The van der Waals surface area contributed by atoms with Crippen LogP contribution in [0.3, 0.4) is 0 Å². The highest BCUT2D eigenvalue weighted by atomic mass is 79.9. The highest BCUT2D eigenvalue weighted by molar-refractivity contribution is 9.10. The molecule has 1 aromatic rings. The van der Waals surface area contributed by atoms with Gasteiger partial charge < -0.3 is 10.5 Å². The Morgan fingerprint density at radius 2 is 2.27 bits per heavy atom. The minimum atomic E-state index is 0.0556. The van der Waals surface area contributed by atoms with Crippen molar-refractivity contribution in [3.8, 4) is 0 Å². The fraction of sp³-hybridized carbons (Fsp3) is 0.636. The van der Waals surface area contributed by atoms with Gasteiger partial charge in [-0.1, -0.05) is 13.8 Å². The number of thiophene rings is 1. The van der Waals surface area contributed by atoms with Crippen LogP contribution in [0.2, 0.25) is 0 Å². The molecule has 86 valence electrons. The maximum atomic E-state index is 5.77. The van der Waals surface area contributed by atoms with Gasteiger partial charge in [0.05, 0.1) is 0 Å². The van der Waals surface area contributed by atoms with Gasteiger partial charge in [0, 0.05) is 27.9 Å². The molecule has 0 amide bonds. The van der Waals surface area contributed by atoms with Gasteiger partial charge in [0.25, 0.3) is 0 Å². The Kier molecular flexibility index (Phi) is 5.82. The standard InChI is InChI=1S/C11H18BrNOS/c1-8(2)3-4-14-10(6-13)11-5-9(12)7-15-11/h5,7-8,10H,3-4,6,13H2,1-2H3. The second-order valence-electron chi connectivity index (χ2n) is 3.94. The molecular formula is C11H18BrNOS. The quantitative estimate of drug-likeness (QED) is 0.870. The maximum absolute atomic E-state index is 5.77. The van der Waals surface area contributed by atoms with Crippen LogP contribution in [0.4, 0.5) is 0 Å². The lowest BCUT2D eigenvalue weighted by Gasteiger charge is -2.15. The molecule has 1 atom stereocenters. The van der Waals surface area contributed by atoms with Crippen LogP contribution in [0.25, 0.3) is 0 Å². The molecule has 0 fully saturated rings. The van der Waals surface area contributed by atoms with E-state index in [9.17, 15) is 0 Å². The molecule has 2 nitrogen and oxygen atoms in total. The zero-order chi connectivity index (χ0) is 11.3. The Bertz CT molecular complexity index is 288. The van der Waals surface area contributed by atoms with Crippen molar-refractivity contribution in [3.63, 3.8) is 0 Å². The molecule has 2 N–H and O–H groups in total. The highest BCUT2D eigenvalue weighted by Crippen LogP contribution is 2.27. The fourth-order valence-electron chi connectivity index (χ4n) is 1.21. The van der Waals surface area contributed by atoms with E-state index in [1.807, 2.05) is 0 Å². The Balaban J connectivity index is 2.42. The second-order valence-corrected chi connectivity index (χ2v) is 5.80. The van der Waals surface area contributed by atoms with Crippen molar-refractivity contribution in [2.45, 2.75) is 26.4 Å². The first-order valence-electron chi connectivity index (χ1n) is 5.19. The van der Waals surface area contributed by atoms with E-state index >= 15 is 0 Å². The minimum Gasteiger partial charge on any atom is -0.371 e. The third kappa shape index (κ3) is 4.64. The molecule has 0 spiro atoms. The van der Waals surface area contributed by atoms with Crippen molar-refractivity contribution < 1.29 is 4.74 Å². The van der Waals surface area contributed by atoms with Gasteiger partial charge in [0.15, 0.2) is 0 Å². The molecule has 1 aromatic heterocycles. The fourth-order valence-corrected chi connectivity index (χ4v) is 2.72. The summed E-state index contributed by atoms with van der Waals surface area (Å²) < 4.78 is 6.87. The minimum absolute atomic E-state index is 0.0556. The average Bonchev–Trinajstić information content (AvgIpc) is 2.59. The number of ether oxygens (including phenoxy) is 1. The SMILES string of the molecule is CC(C)CCOC(CN)c1cc(Br)cs1. The molecule has 4 heteroatoms. The predicted octanol–water partition coefficient (Wildman–Crippen LogP) is 3.57. The van der Waals surface area contributed by atoms with Gasteiger partial charge in [-0.3, -0.25) is 0 Å². The van der Waals surface area contributed by atoms with Crippen LogP contribution in [0.15, 0.2) is 15.9 Å². The van der Waals surface area contributed by atoms with Gasteiger partial charge in [-0.2, -0.15) is 0 Å². The van der Waals surface area contributed by atoms with Crippen LogP contribution in [0.1, 0.15) is 31.2 Å². The van der Waals surface area contributed by atoms with Gasteiger partial charge in [0.2, 0.25) is 0 Å². The first kappa shape index (κ1) is 13.2. The van der Waals surface area contributed by atoms with Crippen LogP contribution in [-0.4, -0.2) is 13.2 Å². The number of hydrogen-bond donors (Lipinski definition) is 1. The molecule has 0 radical (unpaired) electrons. The average molecular weight is 292 g/mol. The van der Waals surface area contributed by atoms with Crippen LogP contribution in [-0.2, 0) is 4.74 Å². The Morgan fingerprint density at radius 1 is 1.53 bits per heavy atom. The van der Waals surface area contributed by atoms with Crippen molar-refractivity contribution in [1.82, 2.24) is 0 Å². The van der Waals surface area contributed by atoms with E-state index in [2.05, 4.69) is 41.2 Å². The Morgan fingerprint density at radius 3 is 2.73 bits per heavy atom. The molecule has 1 heterocycles. The third-order valence-electron chi connectivity index (χ3n) is 2.13. The topological polar surface area (TPSA) is 35.2 Å². The maximum Gasteiger partial charge on any atom is 0.104 e. The monoisotopic (exact) mass is 291 g/mol. The smallest absolute Gasteiger partial charge is 0.104 e. The van der Waals surface area contributed by atoms with Gasteiger partial charge in [-0.15, -0.1) is 11.3 Å². The van der Waals surface area contributed by atoms with Crippen molar-refractivity contribution in [2.24, 2.45) is 11.7 Å². The van der Waals surface area contributed by atoms with Crippen molar-refractivity contribution >= 4 is 27.3 Å². The summed E-state index contributed by atoms with van der Waals surface area (Å²) in [6, 6.07) is 2.08. The van der Waals surface area contributed by atoms with E-state index in [0.29, 0.717) is 12.5 Å². The Labute approximate surface area is 104 Å². The van der Waals surface area contributed by atoms with Crippen LogP contribution in [0, 0.1) is 5.92 Å². The second kappa shape index (κ2) is 6.63. The van der Waals surface area contributed by atoms with E-state index < -0.39 is 0 Å². The van der Waals surface area contributed by atoms with E-state index in [1.54, 1.807) is 11.3 Å². The summed E-state index contributed by atoms with van der Waals surface area (Å²) in [4.78, 5) is 1.20. The number of nitrogens with two attached hydrogens (primary N) is 1. The van der Waals surface area contributed by atoms with E-state index in [0.717, 1.165) is 17.5 Å². The molecule has 0 aliphatic carbocycles. The lowest BCUT2D eigenvalue weighted by molar-refractivity contribution is 0.0538. The molecule has 1 rings (SSSR count). The zero-order valence-corrected chi connectivity index (χ0v) is 11.6. The number of rotatable bonds is 6. The van der Waals surface area contributed by atoms with Crippen LogP contribution in [0.5, 0.6) is 0 Å². The number of hydrogen-bond acceptors (Lipinski definition) is 3. The molecule has 0 bridgehead atoms. The molecule has 1 unspecified atom stereocenters. The molecule has 0 aliphatic heterocycles. The summed E-state index contributed by atoms with van der Waals surface area (Å²) in [6.07, 6.45) is 1.14. The highest BCUT2D eigenvalue weighted by Gasteiger charge is 2.12. The van der Waals surface area contributed by atoms with Crippen LogP contribution >= 0.6 is 27.3 Å². The summed E-state index contributed by atoms with van der Waals surface area (Å²) in [7, 11) is 0. The van der Waals surface area contributed by atoms with E-state index in [-0.39, 0.29) is 6.10 Å². The number of halogens is 1. The lowest BCUT2D eigenvalue weighted by Crippen LogP contribution is -2.16. The van der Waals surface area contributed by atoms with Crippen molar-refractivity contribution in [3.05, 3.63) is 20.8 Å². The van der Waals surface area contributed by atoms with E-state index in [1.165, 1.54) is 4.88 Å². The predicted molar refractivity (Wildman–Crippen MR) is 69.2 cm³/mol. The summed E-state index contributed by atoms with van der Waals surface area (Å²) in [5, 5.41) is 2.06. The summed E-state index contributed by atoms with van der Waals surface area (Å²) in [6.45, 7) is 5.73. The normalized spacial score (nSPS) is 13.4. The molecule has 0 aromatic carbocycles. The van der Waals surface area contributed by atoms with Gasteiger partial charge in [-0.05, 0) is 34.3 Å². The third-order valence-corrected chi connectivity index (χ3v) is 3.92. The Hall–Kier alpha value is 0.1000. The summed E-state index contributed by atoms with van der Waals surface area (Å²) in [5.74, 6) is 0.679.